The number of ether oxygens (including phenoxy) is 2. The summed E-state index contributed by atoms with van der Waals surface area (Å²) < 4.78 is 21.6. The number of likely N-dealkylation sites (tertiary alicyclic amines) is 1. The average Bonchev–Trinajstić information content (AvgIpc) is 3.52. The topological polar surface area (TPSA) is 90.8 Å². The maximum absolute atomic E-state index is 13.0. The number of benzene rings is 1. The smallest absolute Gasteiger partial charge is 0.276 e. The van der Waals surface area contributed by atoms with Gasteiger partial charge in [0, 0.05) is 24.2 Å². The molecule has 1 atom stereocenters. The molecule has 1 amide bonds. The van der Waals surface area contributed by atoms with Gasteiger partial charge in [0.15, 0.2) is 28.7 Å². The normalized spacial score (nSPS) is 18.0. The number of fused-ring (bicyclic) bond motifs is 1. The quantitative estimate of drug-likeness (QED) is 0.682. The van der Waals surface area contributed by atoms with Crippen LogP contribution in [-0.4, -0.2) is 34.5 Å². The molecular formula is C20H19N3O5. The highest BCUT2D eigenvalue weighted by Gasteiger charge is 2.34. The number of aromatic nitrogens is 2. The second-order valence-corrected chi connectivity index (χ2v) is 6.88. The van der Waals surface area contributed by atoms with Crippen LogP contribution in [0.1, 0.15) is 47.7 Å². The minimum Gasteiger partial charge on any atom is -0.454 e. The Kier molecular flexibility index (Phi) is 4.03. The van der Waals surface area contributed by atoms with Gasteiger partial charge in [0.25, 0.3) is 5.91 Å². The van der Waals surface area contributed by atoms with Crippen LogP contribution in [0.3, 0.4) is 0 Å². The molecule has 8 heteroatoms. The van der Waals surface area contributed by atoms with E-state index in [1.807, 2.05) is 31.2 Å². The van der Waals surface area contributed by atoms with E-state index in [9.17, 15) is 4.79 Å². The number of amides is 1. The molecule has 0 aliphatic carbocycles. The van der Waals surface area contributed by atoms with Gasteiger partial charge >= 0.3 is 0 Å². The largest absolute Gasteiger partial charge is 0.454 e. The SMILES string of the molecule is CCc1cc(C2CCCN2C(=O)c2cc(-c3ccc4c(c3)OCO4)on2)on1. The van der Waals surface area contributed by atoms with Crippen molar-refractivity contribution in [1.82, 2.24) is 15.2 Å². The zero-order valence-electron chi connectivity index (χ0n) is 15.4. The Hall–Kier alpha value is -3.29. The monoisotopic (exact) mass is 381 g/mol. The van der Waals surface area contributed by atoms with Crippen molar-refractivity contribution in [3.05, 3.63) is 47.5 Å². The Morgan fingerprint density at radius 3 is 2.89 bits per heavy atom. The van der Waals surface area contributed by atoms with E-state index in [2.05, 4.69) is 10.3 Å². The number of hydrogen-bond donors (Lipinski definition) is 0. The summed E-state index contributed by atoms with van der Waals surface area (Å²) in [6.07, 6.45) is 2.55. The fourth-order valence-corrected chi connectivity index (χ4v) is 3.67. The van der Waals surface area contributed by atoms with Gasteiger partial charge in [0.2, 0.25) is 6.79 Å². The third-order valence-corrected chi connectivity index (χ3v) is 5.17. The summed E-state index contributed by atoms with van der Waals surface area (Å²) in [6.45, 7) is 2.88. The van der Waals surface area contributed by atoms with Crippen LogP contribution in [0.15, 0.2) is 39.4 Å². The molecule has 0 bridgehead atoms. The Bertz CT molecular complexity index is 1020. The van der Waals surface area contributed by atoms with Gasteiger partial charge in [-0.15, -0.1) is 0 Å². The molecule has 0 radical (unpaired) electrons. The van der Waals surface area contributed by atoms with Crippen molar-refractivity contribution in [2.24, 2.45) is 0 Å². The molecule has 2 aliphatic rings. The average molecular weight is 381 g/mol. The zero-order chi connectivity index (χ0) is 19.1. The van der Waals surface area contributed by atoms with Gasteiger partial charge in [-0.25, -0.2) is 0 Å². The van der Waals surface area contributed by atoms with Gasteiger partial charge in [0.05, 0.1) is 11.7 Å². The van der Waals surface area contributed by atoms with Gasteiger partial charge in [-0.3, -0.25) is 4.79 Å². The molecule has 5 rings (SSSR count). The highest BCUT2D eigenvalue weighted by molar-refractivity contribution is 5.93. The van der Waals surface area contributed by atoms with E-state index in [-0.39, 0.29) is 24.4 Å². The molecule has 2 aliphatic heterocycles. The standard InChI is InChI=1S/C20H19N3O5/c1-2-13-9-18(28-21-13)15-4-3-7-23(15)20(24)14-10-17(27-22-14)12-5-6-16-19(8-12)26-11-25-16/h5-6,8-10,15H,2-4,7,11H2,1H3. The molecule has 8 nitrogen and oxygen atoms in total. The van der Waals surface area contributed by atoms with E-state index in [4.69, 9.17) is 18.5 Å². The van der Waals surface area contributed by atoms with Gasteiger partial charge in [0.1, 0.15) is 0 Å². The minimum atomic E-state index is -0.173. The van der Waals surface area contributed by atoms with Crippen LogP contribution in [0, 0.1) is 0 Å². The van der Waals surface area contributed by atoms with Crippen molar-refractivity contribution in [2.75, 3.05) is 13.3 Å². The van der Waals surface area contributed by atoms with Gasteiger partial charge in [-0.1, -0.05) is 17.2 Å². The van der Waals surface area contributed by atoms with Crippen molar-refractivity contribution in [3.63, 3.8) is 0 Å². The lowest BCUT2D eigenvalue weighted by Gasteiger charge is -2.21. The van der Waals surface area contributed by atoms with Crippen molar-refractivity contribution >= 4 is 5.91 Å². The molecule has 0 N–H and O–H groups in total. The molecule has 2 aromatic heterocycles. The van der Waals surface area contributed by atoms with Gasteiger partial charge in [-0.05, 0) is 37.5 Å². The maximum Gasteiger partial charge on any atom is 0.276 e. The Balaban J connectivity index is 1.38. The van der Waals surface area contributed by atoms with Crippen LogP contribution in [0.4, 0.5) is 0 Å². The molecule has 144 valence electrons. The summed E-state index contributed by atoms with van der Waals surface area (Å²) in [4.78, 5) is 14.8. The lowest BCUT2D eigenvalue weighted by molar-refractivity contribution is 0.0704. The Labute approximate surface area is 161 Å². The highest BCUT2D eigenvalue weighted by Crippen LogP contribution is 2.37. The first-order valence-corrected chi connectivity index (χ1v) is 9.36. The van der Waals surface area contributed by atoms with E-state index in [0.29, 0.717) is 23.8 Å². The minimum absolute atomic E-state index is 0.119. The molecule has 1 unspecified atom stereocenters. The van der Waals surface area contributed by atoms with Crippen molar-refractivity contribution in [3.8, 4) is 22.8 Å². The summed E-state index contributed by atoms with van der Waals surface area (Å²) in [5.74, 6) is 2.40. The Morgan fingerprint density at radius 2 is 2.04 bits per heavy atom. The Morgan fingerprint density at radius 1 is 1.14 bits per heavy atom. The van der Waals surface area contributed by atoms with Gasteiger partial charge < -0.3 is 23.4 Å². The van der Waals surface area contributed by atoms with E-state index in [1.165, 1.54) is 0 Å². The lowest BCUT2D eigenvalue weighted by atomic mass is 10.1. The molecule has 1 fully saturated rings. The predicted octanol–water partition coefficient (Wildman–Crippen LogP) is 3.60. The molecule has 0 saturated carbocycles. The number of aryl methyl sites for hydroxylation is 1. The second kappa shape index (κ2) is 6.70. The van der Waals surface area contributed by atoms with Crippen molar-refractivity contribution in [1.29, 1.82) is 0 Å². The summed E-state index contributed by atoms with van der Waals surface area (Å²) in [6, 6.07) is 8.95. The maximum atomic E-state index is 13.0. The zero-order valence-corrected chi connectivity index (χ0v) is 15.4. The first kappa shape index (κ1) is 16.9. The van der Waals surface area contributed by atoms with Crippen LogP contribution in [0.2, 0.25) is 0 Å². The van der Waals surface area contributed by atoms with E-state index in [0.717, 1.165) is 36.3 Å². The molecule has 28 heavy (non-hydrogen) atoms. The summed E-state index contributed by atoms with van der Waals surface area (Å²) >= 11 is 0. The number of rotatable bonds is 4. The highest BCUT2D eigenvalue weighted by atomic mass is 16.7. The molecular weight excluding hydrogens is 362 g/mol. The van der Waals surface area contributed by atoms with Crippen LogP contribution >= 0.6 is 0 Å². The fourth-order valence-electron chi connectivity index (χ4n) is 3.67. The third kappa shape index (κ3) is 2.81. The summed E-state index contributed by atoms with van der Waals surface area (Å²) in [5, 5.41) is 8.04. The lowest BCUT2D eigenvalue weighted by Crippen LogP contribution is -2.30. The fraction of sp³-hybridized carbons (Fsp3) is 0.350. The van der Waals surface area contributed by atoms with E-state index in [1.54, 1.807) is 11.0 Å². The molecule has 4 heterocycles. The first-order valence-electron chi connectivity index (χ1n) is 9.36. The molecule has 0 spiro atoms. The second-order valence-electron chi connectivity index (χ2n) is 6.88. The van der Waals surface area contributed by atoms with E-state index < -0.39 is 0 Å². The number of hydrogen-bond acceptors (Lipinski definition) is 7. The molecule has 1 aromatic carbocycles. The predicted molar refractivity (Wildman–Crippen MR) is 97.0 cm³/mol. The summed E-state index contributed by atoms with van der Waals surface area (Å²) in [5.41, 5.74) is 1.94. The summed E-state index contributed by atoms with van der Waals surface area (Å²) in [7, 11) is 0. The number of nitrogens with zero attached hydrogens (tertiary/aromatic N) is 3. The van der Waals surface area contributed by atoms with Gasteiger partial charge in [-0.2, -0.15) is 0 Å². The van der Waals surface area contributed by atoms with Crippen LogP contribution < -0.4 is 9.47 Å². The van der Waals surface area contributed by atoms with Crippen molar-refractivity contribution < 1.29 is 23.3 Å². The number of carbonyl (C=O) groups excluding carboxylic acids is 1. The van der Waals surface area contributed by atoms with Crippen molar-refractivity contribution in [2.45, 2.75) is 32.2 Å². The number of carbonyl (C=O) groups is 1. The third-order valence-electron chi connectivity index (χ3n) is 5.17. The molecule has 3 aromatic rings. The van der Waals surface area contributed by atoms with Crippen LogP contribution in [-0.2, 0) is 6.42 Å². The van der Waals surface area contributed by atoms with E-state index >= 15 is 0 Å². The first-order chi connectivity index (χ1) is 13.7. The molecule has 1 saturated heterocycles. The van der Waals surface area contributed by atoms with Crippen LogP contribution in [0.5, 0.6) is 11.5 Å². The van der Waals surface area contributed by atoms with Crippen LogP contribution in [0.25, 0.3) is 11.3 Å².